The number of hydrogen-bond donors (Lipinski definition) is 0. The van der Waals surface area contributed by atoms with Gasteiger partial charge in [0.1, 0.15) is 0 Å². The van der Waals surface area contributed by atoms with Crippen LogP contribution in [0, 0.1) is 17.8 Å². The first kappa shape index (κ1) is 38.2. The lowest BCUT2D eigenvalue weighted by molar-refractivity contribution is -0.00512. The number of anilines is 6. The molecule has 0 amide bonds. The number of hydrogen-bond acceptors (Lipinski definition) is 3. The fraction of sp³-hybridized carbons (Fsp3) is 0.448. The zero-order valence-electron chi connectivity index (χ0n) is 38.4. The summed E-state index contributed by atoms with van der Waals surface area (Å²) in [6.07, 6.45) is 13.5. The molecule has 6 aromatic rings. The van der Waals surface area contributed by atoms with Gasteiger partial charge in [0, 0.05) is 43.3 Å². The first-order valence-corrected chi connectivity index (χ1v) is 25.1. The third-order valence-electron chi connectivity index (χ3n) is 18.3. The molecule has 6 aliphatic carbocycles. The summed E-state index contributed by atoms with van der Waals surface area (Å²) < 4.78 is 2.94. The Morgan fingerprint density at radius 2 is 1.10 bits per heavy atom. The molecule has 2 aliphatic heterocycles. The molecule has 4 saturated carbocycles. The predicted molar refractivity (Wildman–Crippen MR) is 266 cm³/mol. The van der Waals surface area contributed by atoms with Gasteiger partial charge in [-0.3, -0.25) is 0 Å². The van der Waals surface area contributed by atoms with Crippen molar-refractivity contribution in [2.45, 2.75) is 147 Å². The third-order valence-corrected chi connectivity index (χ3v) is 19.5. The van der Waals surface area contributed by atoms with Crippen LogP contribution in [-0.4, -0.2) is 6.71 Å². The van der Waals surface area contributed by atoms with Gasteiger partial charge in [-0.2, -0.15) is 0 Å². The maximum atomic E-state index is 2.72. The normalized spacial score (nSPS) is 27.4. The Morgan fingerprint density at radius 3 is 1.74 bits per heavy atom. The van der Waals surface area contributed by atoms with Crippen LogP contribution in [0.15, 0.2) is 97.1 Å². The first-order chi connectivity index (χ1) is 29.6. The number of para-hydroxylation sites is 1. The molecule has 1 aromatic heterocycles. The van der Waals surface area contributed by atoms with E-state index >= 15 is 0 Å². The zero-order valence-corrected chi connectivity index (χ0v) is 39.2. The van der Waals surface area contributed by atoms with Gasteiger partial charge in [0.2, 0.25) is 0 Å². The van der Waals surface area contributed by atoms with Gasteiger partial charge in [-0.15, -0.1) is 11.3 Å². The number of rotatable bonds is 3. The summed E-state index contributed by atoms with van der Waals surface area (Å²) in [6.45, 7) is 20.0. The minimum atomic E-state index is 0.0999. The average molecular weight is 831 g/mol. The summed E-state index contributed by atoms with van der Waals surface area (Å²) in [5.41, 5.74) is 19.5. The Balaban J connectivity index is 1.09. The summed E-state index contributed by atoms with van der Waals surface area (Å²) >= 11 is 2.08. The van der Waals surface area contributed by atoms with Crippen molar-refractivity contribution >= 4 is 78.0 Å². The molecule has 4 heteroatoms. The van der Waals surface area contributed by atoms with Gasteiger partial charge in [0.25, 0.3) is 6.71 Å². The largest absolute Gasteiger partial charge is 0.311 e. The van der Waals surface area contributed by atoms with Gasteiger partial charge in [0.05, 0.1) is 5.69 Å². The molecule has 314 valence electrons. The van der Waals surface area contributed by atoms with Gasteiger partial charge in [-0.1, -0.05) is 97.9 Å². The molecule has 0 spiro atoms. The summed E-state index contributed by atoms with van der Waals surface area (Å²) in [4.78, 5) is 5.38. The molecule has 2 nitrogen and oxygen atoms in total. The van der Waals surface area contributed by atoms with Crippen LogP contribution in [0.5, 0.6) is 0 Å². The fourth-order valence-electron chi connectivity index (χ4n) is 15.1. The second-order valence-corrected chi connectivity index (χ2v) is 25.2. The Labute approximate surface area is 375 Å². The molecule has 0 radical (unpaired) electrons. The monoisotopic (exact) mass is 830 g/mol. The smallest absolute Gasteiger partial charge is 0.264 e. The van der Waals surface area contributed by atoms with E-state index < -0.39 is 0 Å². The quantitative estimate of drug-likeness (QED) is 0.164. The fourth-order valence-corrected chi connectivity index (χ4v) is 16.4. The lowest BCUT2D eigenvalue weighted by atomic mass is 9.35. The van der Waals surface area contributed by atoms with Crippen molar-refractivity contribution < 1.29 is 0 Å². The molecular formula is C58H63BN2S. The molecule has 8 aliphatic rings. The van der Waals surface area contributed by atoms with Crippen molar-refractivity contribution in [3.8, 4) is 0 Å². The lowest BCUT2D eigenvalue weighted by Gasteiger charge is -2.57. The van der Waals surface area contributed by atoms with Gasteiger partial charge in [0.15, 0.2) is 0 Å². The van der Waals surface area contributed by atoms with E-state index in [4.69, 9.17) is 0 Å². The highest BCUT2D eigenvalue weighted by Crippen LogP contribution is 2.62. The van der Waals surface area contributed by atoms with E-state index in [-0.39, 0.29) is 28.4 Å². The molecule has 0 saturated heterocycles. The Morgan fingerprint density at radius 1 is 0.516 bits per heavy atom. The molecule has 0 N–H and O–H groups in total. The van der Waals surface area contributed by atoms with E-state index in [2.05, 4.69) is 174 Å². The van der Waals surface area contributed by atoms with Crippen molar-refractivity contribution in [3.63, 3.8) is 0 Å². The van der Waals surface area contributed by atoms with Crippen LogP contribution in [0.25, 0.3) is 10.1 Å². The lowest BCUT2D eigenvalue weighted by Crippen LogP contribution is -2.61. The minimum Gasteiger partial charge on any atom is -0.311 e. The predicted octanol–water partition coefficient (Wildman–Crippen LogP) is 14.1. The second-order valence-electron chi connectivity index (χ2n) is 24.1. The first-order valence-electron chi connectivity index (χ1n) is 24.3. The van der Waals surface area contributed by atoms with Crippen LogP contribution in [0.4, 0.5) is 34.1 Å². The van der Waals surface area contributed by atoms with Crippen LogP contribution in [0.3, 0.4) is 0 Å². The molecule has 0 unspecified atom stereocenters. The van der Waals surface area contributed by atoms with Gasteiger partial charge in [-0.05, 0) is 202 Å². The Hall–Kier alpha value is -4.28. The molecule has 3 heterocycles. The van der Waals surface area contributed by atoms with Gasteiger partial charge in [-0.25, -0.2) is 0 Å². The summed E-state index contributed by atoms with van der Waals surface area (Å²) in [5, 5.41) is 1.46. The molecule has 0 atom stereocenters. The van der Waals surface area contributed by atoms with Crippen LogP contribution < -0.4 is 25.5 Å². The van der Waals surface area contributed by atoms with Gasteiger partial charge < -0.3 is 9.80 Å². The minimum absolute atomic E-state index is 0.0999. The Bertz CT molecular complexity index is 2840. The molecule has 5 aromatic carbocycles. The summed E-state index contributed by atoms with van der Waals surface area (Å²) in [5.74, 6) is 2.77. The topological polar surface area (TPSA) is 6.48 Å². The average Bonchev–Trinajstić information content (AvgIpc) is 3.62. The summed E-state index contributed by atoms with van der Waals surface area (Å²) in [7, 11) is 0. The summed E-state index contributed by atoms with van der Waals surface area (Å²) in [6, 6.07) is 39.4. The number of nitrogens with zero attached hydrogens (tertiary/aromatic N) is 2. The van der Waals surface area contributed by atoms with E-state index in [0.29, 0.717) is 5.41 Å². The van der Waals surface area contributed by atoms with E-state index in [1.165, 1.54) is 141 Å². The number of thiophene rings is 1. The van der Waals surface area contributed by atoms with Crippen LogP contribution in [0.1, 0.15) is 147 Å². The molecule has 4 fully saturated rings. The van der Waals surface area contributed by atoms with Gasteiger partial charge >= 0.3 is 0 Å². The van der Waals surface area contributed by atoms with Crippen molar-refractivity contribution in [2.24, 2.45) is 17.8 Å². The zero-order chi connectivity index (χ0) is 42.3. The molecular weight excluding hydrogens is 768 g/mol. The SMILES string of the molecule is CC1(C)CCC(C)(C)c2cc(N3c4cc5c(cc4B4c6sc7ccc(C89CC%10CC(CC(C%10)C8)C9)cc7c6N(c6ccccc6)c6cccc3c64)C(C)(C)CCC5(C)C)ccc21. The van der Waals surface area contributed by atoms with E-state index in [1.54, 1.807) is 11.1 Å². The van der Waals surface area contributed by atoms with Crippen LogP contribution in [-0.2, 0) is 27.1 Å². The molecule has 4 bridgehead atoms. The highest BCUT2D eigenvalue weighted by Gasteiger charge is 2.53. The second kappa shape index (κ2) is 12.5. The number of fused-ring (bicyclic) bond motifs is 8. The molecule has 62 heavy (non-hydrogen) atoms. The van der Waals surface area contributed by atoms with Crippen LogP contribution in [0.2, 0.25) is 0 Å². The van der Waals surface area contributed by atoms with Crippen molar-refractivity contribution in [1.29, 1.82) is 0 Å². The maximum Gasteiger partial charge on any atom is 0.264 e. The highest BCUT2D eigenvalue weighted by atomic mass is 32.1. The van der Waals surface area contributed by atoms with E-state index in [0.717, 1.165) is 17.8 Å². The highest BCUT2D eigenvalue weighted by molar-refractivity contribution is 7.33. The van der Waals surface area contributed by atoms with Crippen molar-refractivity contribution in [2.75, 3.05) is 9.80 Å². The third kappa shape index (κ3) is 5.22. The standard InChI is InChI=1S/C58H63BN2S/c1-54(2)21-22-55(3,4)43-29-40(18-19-42(43)54)60-47-15-12-16-48-51(47)59(46-30-44-45(31-49(46)60)57(7,8)24-23-56(44,5)6)53-52(61(48)39-13-10-9-11-14-39)41-28-38(17-20-50(41)62-53)58-32-35-25-36(33-58)27-37(26-35)34-58/h9-20,28-31,35-37H,21-27,32-34H2,1-8H3. The van der Waals surface area contributed by atoms with Crippen molar-refractivity contribution in [1.82, 2.24) is 0 Å². The maximum absolute atomic E-state index is 2.72. The number of benzene rings is 5. The van der Waals surface area contributed by atoms with E-state index in [1.807, 2.05) is 0 Å². The van der Waals surface area contributed by atoms with Crippen LogP contribution >= 0.6 is 11.3 Å². The van der Waals surface area contributed by atoms with Crippen molar-refractivity contribution in [3.05, 3.63) is 125 Å². The molecule has 14 rings (SSSR count). The van der Waals surface area contributed by atoms with E-state index in [9.17, 15) is 0 Å². The Kier molecular flexibility index (Phi) is 7.70.